The molecule has 0 unspecified atom stereocenters. The molecular weight excluding hydrogens is 388 g/mol. The molecule has 12 nitrogen and oxygen atoms in total. The second-order valence-corrected chi connectivity index (χ2v) is 7.25. The van der Waals surface area contributed by atoms with Gasteiger partial charge in [0.25, 0.3) is 5.56 Å². The molecule has 0 saturated carbocycles. The highest BCUT2D eigenvalue weighted by Crippen LogP contribution is 2.07. The van der Waals surface area contributed by atoms with E-state index in [1.54, 1.807) is 20.8 Å². The largest absolute Gasteiger partial charge is 0.480 e. The third kappa shape index (κ3) is 7.41. The van der Waals surface area contributed by atoms with Gasteiger partial charge in [-0.05, 0) is 27.7 Å². The molecule has 2 amide bonds. The number of aromatic amines is 1. The lowest BCUT2D eigenvalue weighted by Crippen LogP contribution is -2.52. The Labute approximate surface area is 166 Å². The van der Waals surface area contributed by atoms with E-state index in [9.17, 15) is 34.2 Å². The molecule has 4 N–H and O–H groups in total. The molecule has 1 heterocycles. The van der Waals surface area contributed by atoms with Crippen LogP contribution in [0.2, 0.25) is 0 Å². The molecule has 1 rings (SSSR count). The van der Waals surface area contributed by atoms with Gasteiger partial charge in [-0.15, -0.1) is 0 Å². The summed E-state index contributed by atoms with van der Waals surface area (Å²) in [7, 11) is 0. The van der Waals surface area contributed by atoms with Crippen molar-refractivity contribution in [3.05, 3.63) is 32.6 Å². The van der Waals surface area contributed by atoms with E-state index in [1.807, 2.05) is 4.98 Å². The number of aliphatic hydroxyl groups is 1. The van der Waals surface area contributed by atoms with Crippen molar-refractivity contribution >= 4 is 18.0 Å². The Balaban J connectivity index is 2.95. The van der Waals surface area contributed by atoms with Crippen molar-refractivity contribution in [2.45, 2.75) is 45.9 Å². The molecule has 1 aromatic heterocycles. The minimum absolute atomic E-state index is 0.149. The van der Waals surface area contributed by atoms with Crippen LogP contribution in [0.15, 0.2) is 15.8 Å². The van der Waals surface area contributed by atoms with Crippen LogP contribution in [0.3, 0.4) is 0 Å². The number of aliphatic hydroxyl groups excluding tert-OH is 1. The lowest BCUT2D eigenvalue weighted by molar-refractivity contribution is -0.152. The first-order valence-electron chi connectivity index (χ1n) is 8.76. The van der Waals surface area contributed by atoms with Crippen LogP contribution >= 0.6 is 0 Å². The second kappa shape index (κ2) is 9.87. The molecule has 0 saturated heterocycles. The average molecular weight is 414 g/mol. The smallest absolute Gasteiger partial charge is 0.407 e. The Hall–Kier alpha value is -3.15. The Kier molecular flexibility index (Phi) is 8.13. The SMILES string of the molecule is Cc1cn(CC(=O)N(CCNC(=O)OC(C)(C)C)[C@@H](CO)C(=O)O)c(=O)[nH]c1=O. The van der Waals surface area contributed by atoms with Gasteiger partial charge in [0.15, 0.2) is 6.04 Å². The standard InChI is InChI=1S/C17H26N4O8/c1-10-7-20(15(27)19-13(10)24)8-12(23)21(11(9-22)14(25)26)6-5-18-16(28)29-17(2,3)4/h7,11,22H,5-6,8-9H2,1-4H3,(H,18,28)(H,25,26)(H,19,24,27)/t11-/m0/s1. The lowest BCUT2D eigenvalue weighted by Gasteiger charge is -2.28. The van der Waals surface area contributed by atoms with Crippen LogP contribution in [-0.2, 0) is 20.9 Å². The number of hydrogen-bond acceptors (Lipinski definition) is 7. The maximum Gasteiger partial charge on any atom is 0.407 e. The molecule has 0 radical (unpaired) electrons. The van der Waals surface area contributed by atoms with Gasteiger partial charge in [0.1, 0.15) is 12.1 Å². The molecule has 0 fully saturated rings. The number of nitrogens with zero attached hydrogens (tertiary/aromatic N) is 2. The molecule has 0 bridgehead atoms. The number of carbonyl (C=O) groups excluding carboxylic acids is 2. The Morgan fingerprint density at radius 2 is 1.93 bits per heavy atom. The lowest BCUT2D eigenvalue weighted by atomic mass is 10.2. The molecule has 1 aromatic rings. The number of aromatic nitrogens is 2. The van der Waals surface area contributed by atoms with Crippen LogP contribution in [0, 0.1) is 6.92 Å². The summed E-state index contributed by atoms with van der Waals surface area (Å²) in [4.78, 5) is 61.9. The van der Waals surface area contributed by atoms with E-state index in [2.05, 4.69) is 5.32 Å². The van der Waals surface area contributed by atoms with Gasteiger partial charge in [-0.25, -0.2) is 14.4 Å². The predicted molar refractivity (Wildman–Crippen MR) is 101 cm³/mol. The van der Waals surface area contributed by atoms with Gasteiger partial charge in [-0.2, -0.15) is 0 Å². The number of nitrogens with one attached hydrogen (secondary N) is 2. The maximum atomic E-state index is 12.6. The van der Waals surface area contributed by atoms with E-state index in [-0.39, 0.29) is 18.7 Å². The topological polar surface area (TPSA) is 171 Å². The third-order valence-corrected chi connectivity index (χ3v) is 3.67. The van der Waals surface area contributed by atoms with Crippen molar-refractivity contribution < 1.29 is 29.3 Å². The number of ether oxygens (including phenoxy) is 1. The normalized spacial score (nSPS) is 12.2. The molecule has 0 aliphatic carbocycles. The van der Waals surface area contributed by atoms with Gasteiger partial charge in [-0.1, -0.05) is 0 Å². The Morgan fingerprint density at radius 1 is 1.31 bits per heavy atom. The summed E-state index contributed by atoms with van der Waals surface area (Å²) in [6.07, 6.45) is 0.415. The first-order chi connectivity index (χ1) is 13.4. The fraction of sp³-hybridized carbons (Fsp3) is 0.588. The molecule has 0 aromatic carbocycles. The number of carbonyl (C=O) groups is 3. The minimum Gasteiger partial charge on any atom is -0.480 e. The average Bonchev–Trinajstić information content (AvgIpc) is 2.57. The van der Waals surface area contributed by atoms with E-state index in [1.165, 1.54) is 13.1 Å². The Bertz CT molecular complexity index is 867. The van der Waals surface area contributed by atoms with Crippen LogP contribution in [0.4, 0.5) is 4.79 Å². The molecular formula is C17H26N4O8. The van der Waals surface area contributed by atoms with Crippen molar-refractivity contribution in [3.8, 4) is 0 Å². The van der Waals surface area contributed by atoms with Crippen LogP contribution < -0.4 is 16.6 Å². The van der Waals surface area contributed by atoms with E-state index < -0.39 is 54.0 Å². The summed E-state index contributed by atoms with van der Waals surface area (Å²) in [5.74, 6) is -2.26. The summed E-state index contributed by atoms with van der Waals surface area (Å²) in [6.45, 7) is 4.60. The zero-order valence-corrected chi connectivity index (χ0v) is 16.7. The highest BCUT2D eigenvalue weighted by atomic mass is 16.6. The van der Waals surface area contributed by atoms with Crippen LogP contribution in [0.1, 0.15) is 26.3 Å². The van der Waals surface area contributed by atoms with Crippen LogP contribution in [0.25, 0.3) is 0 Å². The zero-order valence-electron chi connectivity index (χ0n) is 16.7. The highest BCUT2D eigenvalue weighted by Gasteiger charge is 2.29. The van der Waals surface area contributed by atoms with Gasteiger partial charge >= 0.3 is 17.8 Å². The number of H-pyrrole nitrogens is 1. The molecule has 29 heavy (non-hydrogen) atoms. The fourth-order valence-electron chi connectivity index (χ4n) is 2.33. The minimum atomic E-state index is -1.58. The van der Waals surface area contributed by atoms with Gasteiger partial charge in [0.05, 0.1) is 6.61 Å². The van der Waals surface area contributed by atoms with E-state index in [4.69, 9.17) is 4.74 Å². The number of aliphatic carboxylic acids is 1. The second-order valence-electron chi connectivity index (χ2n) is 7.25. The Morgan fingerprint density at radius 3 is 2.45 bits per heavy atom. The number of hydrogen-bond donors (Lipinski definition) is 4. The molecule has 0 aliphatic heterocycles. The number of alkyl carbamates (subject to hydrolysis) is 1. The first-order valence-corrected chi connectivity index (χ1v) is 8.76. The van der Waals surface area contributed by atoms with E-state index in [0.717, 1.165) is 9.47 Å². The molecule has 12 heteroatoms. The summed E-state index contributed by atoms with van der Waals surface area (Å²) < 4.78 is 5.97. The van der Waals surface area contributed by atoms with E-state index in [0.29, 0.717) is 0 Å². The summed E-state index contributed by atoms with van der Waals surface area (Å²) in [6, 6.07) is -1.58. The monoisotopic (exact) mass is 414 g/mol. The summed E-state index contributed by atoms with van der Waals surface area (Å²) >= 11 is 0. The number of aryl methyl sites for hydroxylation is 1. The molecule has 162 valence electrons. The highest BCUT2D eigenvalue weighted by molar-refractivity contribution is 5.83. The summed E-state index contributed by atoms with van der Waals surface area (Å²) in [5, 5.41) is 21.0. The number of amides is 2. The summed E-state index contributed by atoms with van der Waals surface area (Å²) in [5.41, 5.74) is -1.99. The van der Waals surface area contributed by atoms with Crippen molar-refractivity contribution in [1.82, 2.24) is 19.8 Å². The fourth-order valence-corrected chi connectivity index (χ4v) is 2.33. The molecule has 1 atom stereocenters. The van der Waals surface area contributed by atoms with Crippen molar-refractivity contribution in [1.29, 1.82) is 0 Å². The number of carboxylic acids is 1. The molecule has 0 spiro atoms. The van der Waals surface area contributed by atoms with E-state index >= 15 is 0 Å². The van der Waals surface area contributed by atoms with Crippen molar-refractivity contribution in [2.75, 3.05) is 19.7 Å². The van der Waals surface area contributed by atoms with Gasteiger partial charge in [-0.3, -0.25) is 19.1 Å². The van der Waals surface area contributed by atoms with Gasteiger partial charge in [0.2, 0.25) is 5.91 Å². The van der Waals surface area contributed by atoms with Gasteiger partial charge in [0, 0.05) is 24.8 Å². The predicted octanol–water partition coefficient (Wildman–Crippen LogP) is -1.36. The van der Waals surface area contributed by atoms with Crippen LogP contribution in [-0.4, -0.2) is 74.0 Å². The molecule has 0 aliphatic rings. The van der Waals surface area contributed by atoms with Crippen LogP contribution in [0.5, 0.6) is 0 Å². The van der Waals surface area contributed by atoms with Gasteiger partial charge < -0.3 is 25.2 Å². The maximum absolute atomic E-state index is 12.6. The zero-order chi connectivity index (χ0) is 22.4. The number of carboxylic acid groups (broad SMARTS) is 1. The number of rotatable bonds is 8. The van der Waals surface area contributed by atoms with Crippen molar-refractivity contribution in [3.63, 3.8) is 0 Å². The quantitative estimate of drug-likeness (QED) is 0.404. The third-order valence-electron chi connectivity index (χ3n) is 3.67. The van der Waals surface area contributed by atoms with Crippen molar-refractivity contribution in [2.24, 2.45) is 0 Å². The first kappa shape index (κ1) is 23.9.